The summed E-state index contributed by atoms with van der Waals surface area (Å²) in [5.41, 5.74) is 4.99. The van der Waals surface area contributed by atoms with Crippen molar-refractivity contribution in [3.05, 3.63) is 0 Å². The maximum absolute atomic E-state index is 11.7. The molecule has 18 heavy (non-hydrogen) atoms. The highest BCUT2D eigenvalue weighted by Gasteiger charge is 2.35. The van der Waals surface area contributed by atoms with E-state index < -0.39 is 27.7 Å². The second-order valence-electron chi connectivity index (χ2n) is 4.72. The standard InChI is InChI=1S/C10H19N3O4S/c1-12(2)4-5-13(10(15)9(11)14)8-3-6-18(16,17)7-8/h8H,3-7H2,1-2H3,(H2,11,14). The molecule has 0 bridgehead atoms. The van der Waals surface area contributed by atoms with Crippen LogP contribution in [0.3, 0.4) is 0 Å². The van der Waals surface area contributed by atoms with E-state index in [0.29, 0.717) is 19.5 Å². The van der Waals surface area contributed by atoms with Crippen molar-refractivity contribution in [2.75, 3.05) is 38.7 Å². The molecule has 0 aromatic rings. The van der Waals surface area contributed by atoms with Crippen molar-refractivity contribution >= 4 is 21.7 Å². The maximum Gasteiger partial charge on any atom is 0.311 e. The first-order chi connectivity index (χ1) is 8.23. The van der Waals surface area contributed by atoms with Gasteiger partial charge < -0.3 is 15.5 Å². The molecule has 0 aromatic carbocycles. The van der Waals surface area contributed by atoms with E-state index in [1.165, 1.54) is 4.90 Å². The smallest absolute Gasteiger partial charge is 0.311 e. The summed E-state index contributed by atoms with van der Waals surface area (Å²) >= 11 is 0. The average Bonchev–Trinajstić information content (AvgIpc) is 2.58. The molecule has 2 N–H and O–H groups in total. The first-order valence-electron chi connectivity index (χ1n) is 5.68. The van der Waals surface area contributed by atoms with Crippen molar-refractivity contribution in [2.24, 2.45) is 5.73 Å². The van der Waals surface area contributed by atoms with Crippen LogP contribution in [0.2, 0.25) is 0 Å². The Hall–Kier alpha value is -1.15. The molecule has 8 heteroatoms. The van der Waals surface area contributed by atoms with E-state index in [4.69, 9.17) is 5.73 Å². The Kier molecular flexibility index (Phi) is 4.69. The molecule has 1 rings (SSSR count). The van der Waals surface area contributed by atoms with Gasteiger partial charge >= 0.3 is 11.8 Å². The van der Waals surface area contributed by atoms with Crippen molar-refractivity contribution in [1.29, 1.82) is 0 Å². The van der Waals surface area contributed by atoms with Crippen LogP contribution in [0.5, 0.6) is 0 Å². The Bertz CT molecular complexity index is 432. The number of carbonyl (C=O) groups is 2. The van der Waals surface area contributed by atoms with E-state index in [-0.39, 0.29) is 11.5 Å². The minimum absolute atomic E-state index is 0.0577. The SMILES string of the molecule is CN(C)CCN(C(=O)C(N)=O)C1CCS(=O)(=O)C1. The molecule has 7 nitrogen and oxygen atoms in total. The molecule has 1 saturated heterocycles. The highest BCUT2D eigenvalue weighted by Crippen LogP contribution is 2.17. The molecule has 0 aromatic heterocycles. The molecule has 0 spiro atoms. The number of sulfone groups is 1. The van der Waals surface area contributed by atoms with Crippen molar-refractivity contribution in [3.63, 3.8) is 0 Å². The van der Waals surface area contributed by atoms with Gasteiger partial charge in [-0.2, -0.15) is 0 Å². The molecule has 1 heterocycles. The summed E-state index contributed by atoms with van der Waals surface area (Å²) in [6.45, 7) is 0.852. The molecule has 1 unspecified atom stereocenters. The van der Waals surface area contributed by atoms with E-state index in [0.717, 1.165) is 0 Å². The number of nitrogens with two attached hydrogens (primary N) is 1. The van der Waals surface area contributed by atoms with Crippen molar-refractivity contribution < 1.29 is 18.0 Å². The number of carbonyl (C=O) groups excluding carboxylic acids is 2. The van der Waals surface area contributed by atoms with Crippen LogP contribution in [0.15, 0.2) is 0 Å². The van der Waals surface area contributed by atoms with Crippen molar-refractivity contribution in [1.82, 2.24) is 9.80 Å². The topological polar surface area (TPSA) is 101 Å². The number of hydrogen-bond donors (Lipinski definition) is 1. The van der Waals surface area contributed by atoms with Crippen LogP contribution < -0.4 is 5.73 Å². The first kappa shape index (κ1) is 14.9. The fourth-order valence-electron chi connectivity index (χ4n) is 1.92. The first-order valence-corrected chi connectivity index (χ1v) is 7.50. The normalized spacial score (nSPS) is 22.1. The van der Waals surface area contributed by atoms with Gasteiger partial charge in [0.1, 0.15) is 0 Å². The lowest BCUT2D eigenvalue weighted by atomic mass is 10.2. The zero-order valence-electron chi connectivity index (χ0n) is 10.6. The lowest BCUT2D eigenvalue weighted by Crippen LogP contribution is -2.49. The largest absolute Gasteiger partial charge is 0.361 e. The summed E-state index contributed by atoms with van der Waals surface area (Å²) in [6.07, 6.45) is 0.370. The quantitative estimate of drug-likeness (QED) is 0.602. The Morgan fingerprint density at radius 3 is 2.28 bits per heavy atom. The molecule has 1 aliphatic rings. The Morgan fingerprint density at radius 2 is 1.89 bits per heavy atom. The Labute approximate surface area is 107 Å². The van der Waals surface area contributed by atoms with Gasteiger partial charge in [-0.25, -0.2) is 8.42 Å². The summed E-state index contributed by atoms with van der Waals surface area (Å²) in [7, 11) is 0.565. The lowest BCUT2D eigenvalue weighted by Gasteiger charge is -2.28. The highest BCUT2D eigenvalue weighted by molar-refractivity contribution is 7.91. The van der Waals surface area contributed by atoms with Gasteiger partial charge in [0.05, 0.1) is 11.5 Å². The van der Waals surface area contributed by atoms with Crippen LogP contribution >= 0.6 is 0 Å². The molecular formula is C10H19N3O4S. The number of amides is 2. The van der Waals surface area contributed by atoms with Crippen LogP contribution in [0.4, 0.5) is 0 Å². The molecule has 0 saturated carbocycles. The zero-order chi connectivity index (χ0) is 13.9. The zero-order valence-corrected chi connectivity index (χ0v) is 11.4. The third kappa shape index (κ3) is 3.95. The summed E-state index contributed by atoms with van der Waals surface area (Å²) in [4.78, 5) is 25.8. The minimum Gasteiger partial charge on any atom is -0.361 e. The Balaban J connectivity index is 2.78. The predicted octanol–water partition coefficient (Wildman–Crippen LogP) is -1.95. The third-order valence-corrected chi connectivity index (χ3v) is 4.66. The number of rotatable bonds is 4. The summed E-state index contributed by atoms with van der Waals surface area (Å²) in [5, 5.41) is 0. The van der Waals surface area contributed by atoms with Gasteiger partial charge in [-0.05, 0) is 20.5 Å². The molecule has 1 aliphatic heterocycles. The maximum atomic E-state index is 11.7. The molecule has 2 amide bonds. The third-order valence-electron chi connectivity index (χ3n) is 2.91. The van der Waals surface area contributed by atoms with Gasteiger partial charge in [-0.3, -0.25) is 9.59 Å². The second-order valence-corrected chi connectivity index (χ2v) is 6.95. The van der Waals surface area contributed by atoms with E-state index in [1.54, 1.807) is 0 Å². The van der Waals surface area contributed by atoms with E-state index >= 15 is 0 Å². The van der Waals surface area contributed by atoms with Gasteiger partial charge in [0.25, 0.3) is 0 Å². The van der Waals surface area contributed by atoms with Gasteiger partial charge in [-0.15, -0.1) is 0 Å². The van der Waals surface area contributed by atoms with Crippen molar-refractivity contribution in [3.8, 4) is 0 Å². The fourth-order valence-corrected chi connectivity index (χ4v) is 3.65. The summed E-state index contributed by atoms with van der Waals surface area (Å²) in [6, 6.07) is -0.435. The average molecular weight is 277 g/mol. The van der Waals surface area contributed by atoms with Crippen LogP contribution in [-0.4, -0.2) is 74.8 Å². The molecule has 1 fully saturated rings. The van der Waals surface area contributed by atoms with Gasteiger partial charge in [-0.1, -0.05) is 0 Å². The minimum atomic E-state index is -3.10. The molecule has 0 aliphatic carbocycles. The second kappa shape index (κ2) is 5.66. The number of likely N-dealkylation sites (N-methyl/N-ethyl adjacent to an activating group) is 1. The van der Waals surface area contributed by atoms with Crippen LogP contribution in [0, 0.1) is 0 Å². The van der Waals surface area contributed by atoms with Crippen LogP contribution in [-0.2, 0) is 19.4 Å². The van der Waals surface area contributed by atoms with Gasteiger partial charge in [0, 0.05) is 19.1 Å². The highest BCUT2D eigenvalue weighted by atomic mass is 32.2. The number of primary amides is 1. The van der Waals surface area contributed by atoms with Gasteiger partial charge in [0.15, 0.2) is 9.84 Å². The lowest BCUT2D eigenvalue weighted by molar-refractivity contribution is -0.145. The predicted molar refractivity (Wildman–Crippen MR) is 66.5 cm³/mol. The van der Waals surface area contributed by atoms with Crippen molar-refractivity contribution in [2.45, 2.75) is 12.5 Å². The molecular weight excluding hydrogens is 258 g/mol. The van der Waals surface area contributed by atoms with E-state index in [1.807, 2.05) is 19.0 Å². The van der Waals surface area contributed by atoms with Crippen LogP contribution in [0.1, 0.15) is 6.42 Å². The summed E-state index contributed by atoms with van der Waals surface area (Å²) in [5.74, 6) is -1.88. The number of hydrogen-bond acceptors (Lipinski definition) is 5. The molecule has 0 radical (unpaired) electrons. The monoisotopic (exact) mass is 277 g/mol. The summed E-state index contributed by atoms with van der Waals surface area (Å²) < 4.78 is 22.8. The van der Waals surface area contributed by atoms with E-state index in [2.05, 4.69) is 0 Å². The van der Waals surface area contributed by atoms with Gasteiger partial charge in [0.2, 0.25) is 0 Å². The Morgan fingerprint density at radius 1 is 1.28 bits per heavy atom. The van der Waals surface area contributed by atoms with E-state index in [9.17, 15) is 18.0 Å². The number of nitrogens with zero attached hydrogens (tertiary/aromatic N) is 2. The molecule has 104 valence electrons. The molecule has 1 atom stereocenters. The van der Waals surface area contributed by atoms with Crippen LogP contribution in [0.25, 0.3) is 0 Å². The fraction of sp³-hybridized carbons (Fsp3) is 0.800.